The van der Waals surface area contributed by atoms with Gasteiger partial charge in [-0.05, 0) is 24.3 Å². The molecule has 0 unspecified atom stereocenters. The van der Waals surface area contributed by atoms with E-state index in [0.29, 0.717) is 11.6 Å². The number of ether oxygens (including phenoxy) is 1. The van der Waals surface area contributed by atoms with Crippen molar-refractivity contribution in [1.29, 1.82) is 0 Å². The second-order valence-corrected chi connectivity index (χ2v) is 6.54. The Morgan fingerprint density at radius 3 is 2.68 bits per heavy atom. The minimum atomic E-state index is -0.354. The van der Waals surface area contributed by atoms with Crippen molar-refractivity contribution in [2.75, 3.05) is 0 Å². The van der Waals surface area contributed by atoms with Crippen molar-refractivity contribution in [3.05, 3.63) is 71.6 Å². The third-order valence-electron chi connectivity index (χ3n) is 3.59. The van der Waals surface area contributed by atoms with Gasteiger partial charge in [0, 0.05) is 5.56 Å². The lowest BCUT2D eigenvalue weighted by molar-refractivity contribution is -0.144. The summed E-state index contributed by atoms with van der Waals surface area (Å²) >= 11 is 1.52. The van der Waals surface area contributed by atoms with Crippen molar-refractivity contribution < 1.29 is 13.9 Å². The molecule has 0 saturated heterocycles. The summed E-state index contributed by atoms with van der Waals surface area (Å²) in [7, 11) is 0. The first kappa shape index (κ1) is 15.5. The van der Waals surface area contributed by atoms with Crippen molar-refractivity contribution in [2.24, 2.45) is 0 Å². The number of benzene rings is 2. The van der Waals surface area contributed by atoms with E-state index < -0.39 is 0 Å². The third-order valence-corrected chi connectivity index (χ3v) is 4.60. The molecule has 0 amide bonds. The number of fused-ring (bicyclic) bond motifs is 1. The Balaban J connectivity index is 1.37. The van der Waals surface area contributed by atoms with Crippen LogP contribution in [0.5, 0.6) is 0 Å². The molecular formula is C19H14N2O3S. The average Bonchev–Trinajstić information content (AvgIpc) is 3.27. The SMILES string of the molecule is O=C(Cc1coc(-c2ccccc2)n1)OCc1nc2ccccc2s1. The summed E-state index contributed by atoms with van der Waals surface area (Å²) in [5.41, 5.74) is 2.34. The van der Waals surface area contributed by atoms with Crippen LogP contribution in [0.25, 0.3) is 21.7 Å². The highest BCUT2D eigenvalue weighted by atomic mass is 32.1. The molecule has 0 saturated carbocycles. The summed E-state index contributed by atoms with van der Waals surface area (Å²) in [5, 5.41) is 0.777. The van der Waals surface area contributed by atoms with Crippen LogP contribution in [-0.2, 0) is 22.6 Å². The molecule has 4 rings (SSSR count). The van der Waals surface area contributed by atoms with Crippen molar-refractivity contribution in [3.63, 3.8) is 0 Å². The number of rotatable bonds is 5. The Morgan fingerprint density at radius 2 is 1.84 bits per heavy atom. The third kappa shape index (κ3) is 3.59. The normalized spacial score (nSPS) is 10.9. The molecule has 0 radical (unpaired) electrons. The average molecular weight is 350 g/mol. The van der Waals surface area contributed by atoms with Crippen molar-refractivity contribution in [2.45, 2.75) is 13.0 Å². The van der Waals surface area contributed by atoms with Crippen LogP contribution in [0.4, 0.5) is 0 Å². The van der Waals surface area contributed by atoms with E-state index in [1.54, 1.807) is 0 Å². The summed E-state index contributed by atoms with van der Waals surface area (Å²) in [4.78, 5) is 20.8. The summed E-state index contributed by atoms with van der Waals surface area (Å²) < 4.78 is 11.8. The predicted octanol–water partition coefficient (Wildman–Crippen LogP) is 4.24. The number of para-hydroxylation sites is 1. The van der Waals surface area contributed by atoms with E-state index in [-0.39, 0.29) is 19.0 Å². The number of aromatic nitrogens is 2. The standard InChI is InChI=1S/C19H14N2O3S/c22-18(23-12-17-21-15-8-4-5-9-16(15)25-17)10-14-11-24-19(20-14)13-6-2-1-3-7-13/h1-9,11H,10,12H2. The molecule has 0 aliphatic rings. The van der Waals surface area contributed by atoms with Gasteiger partial charge >= 0.3 is 5.97 Å². The Morgan fingerprint density at radius 1 is 1.04 bits per heavy atom. The number of carbonyl (C=O) groups is 1. The summed E-state index contributed by atoms with van der Waals surface area (Å²) in [6.07, 6.45) is 1.56. The zero-order valence-electron chi connectivity index (χ0n) is 13.2. The zero-order valence-corrected chi connectivity index (χ0v) is 14.0. The smallest absolute Gasteiger partial charge is 0.312 e. The molecule has 2 heterocycles. The molecular weight excluding hydrogens is 336 g/mol. The highest BCUT2D eigenvalue weighted by Crippen LogP contribution is 2.22. The summed E-state index contributed by atoms with van der Waals surface area (Å²) in [6, 6.07) is 17.4. The monoisotopic (exact) mass is 350 g/mol. The van der Waals surface area contributed by atoms with Crippen molar-refractivity contribution >= 4 is 27.5 Å². The molecule has 0 aliphatic heterocycles. The minimum Gasteiger partial charge on any atom is -0.458 e. The first-order valence-corrected chi connectivity index (χ1v) is 8.59. The van der Waals surface area contributed by atoms with Gasteiger partial charge in [0.05, 0.1) is 22.3 Å². The fourth-order valence-electron chi connectivity index (χ4n) is 2.42. The Kier molecular flexibility index (Phi) is 4.26. The molecule has 4 aromatic rings. The van der Waals surface area contributed by atoms with Crippen LogP contribution in [0.15, 0.2) is 65.3 Å². The highest BCUT2D eigenvalue weighted by molar-refractivity contribution is 7.18. The maximum Gasteiger partial charge on any atom is 0.312 e. The van der Waals surface area contributed by atoms with Crippen LogP contribution < -0.4 is 0 Å². The first-order valence-electron chi connectivity index (χ1n) is 7.78. The van der Waals surface area contributed by atoms with Gasteiger partial charge in [0.1, 0.15) is 17.9 Å². The quantitative estimate of drug-likeness (QED) is 0.504. The molecule has 0 fully saturated rings. The molecule has 5 nitrogen and oxygen atoms in total. The van der Waals surface area contributed by atoms with Crippen molar-refractivity contribution in [3.8, 4) is 11.5 Å². The van der Waals surface area contributed by atoms with Crippen LogP contribution in [0.1, 0.15) is 10.7 Å². The van der Waals surface area contributed by atoms with E-state index >= 15 is 0 Å². The van der Waals surface area contributed by atoms with Gasteiger partial charge in [-0.3, -0.25) is 4.79 Å². The lowest BCUT2D eigenvalue weighted by Crippen LogP contribution is -2.08. The van der Waals surface area contributed by atoms with E-state index in [0.717, 1.165) is 20.8 Å². The molecule has 0 bridgehead atoms. The minimum absolute atomic E-state index is 0.0707. The van der Waals surface area contributed by atoms with Gasteiger partial charge in [-0.25, -0.2) is 9.97 Å². The number of esters is 1. The molecule has 0 atom stereocenters. The van der Waals surface area contributed by atoms with Gasteiger partial charge < -0.3 is 9.15 Å². The van der Waals surface area contributed by atoms with E-state index in [2.05, 4.69) is 9.97 Å². The van der Waals surface area contributed by atoms with Gasteiger partial charge in [0.25, 0.3) is 0 Å². The summed E-state index contributed by atoms with van der Waals surface area (Å²) in [6.45, 7) is 0.168. The van der Waals surface area contributed by atoms with Crippen molar-refractivity contribution in [1.82, 2.24) is 9.97 Å². The number of oxazole rings is 1. The van der Waals surface area contributed by atoms with E-state index in [9.17, 15) is 4.79 Å². The zero-order chi connectivity index (χ0) is 17.1. The largest absolute Gasteiger partial charge is 0.458 e. The number of carbonyl (C=O) groups excluding carboxylic acids is 1. The second kappa shape index (κ2) is 6.86. The van der Waals surface area contributed by atoms with Gasteiger partial charge in [0.2, 0.25) is 5.89 Å². The lowest BCUT2D eigenvalue weighted by Gasteiger charge is -2.00. The fraction of sp³-hybridized carbons (Fsp3) is 0.105. The Bertz CT molecular complexity index is 975. The molecule has 0 N–H and O–H groups in total. The predicted molar refractivity (Wildman–Crippen MR) is 95.1 cm³/mol. The van der Waals surface area contributed by atoms with E-state index in [4.69, 9.17) is 9.15 Å². The molecule has 2 aromatic heterocycles. The van der Waals surface area contributed by atoms with Crippen LogP contribution in [0.2, 0.25) is 0 Å². The van der Waals surface area contributed by atoms with Crippen LogP contribution in [-0.4, -0.2) is 15.9 Å². The fourth-order valence-corrected chi connectivity index (χ4v) is 3.30. The maximum atomic E-state index is 12.0. The second-order valence-electron chi connectivity index (χ2n) is 5.42. The first-order chi connectivity index (χ1) is 12.3. The number of nitrogens with zero attached hydrogens (tertiary/aromatic N) is 2. The van der Waals surface area contributed by atoms with Gasteiger partial charge in [-0.2, -0.15) is 0 Å². The topological polar surface area (TPSA) is 65.2 Å². The molecule has 0 spiro atoms. The maximum absolute atomic E-state index is 12.0. The number of hydrogen-bond acceptors (Lipinski definition) is 6. The van der Waals surface area contributed by atoms with E-state index in [1.807, 2.05) is 54.6 Å². The molecule has 124 valence electrons. The highest BCUT2D eigenvalue weighted by Gasteiger charge is 2.12. The Hall–Kier alpha value is -2.99. The Labute approximate surface area is 147 Å². The lowest BCUT2D eigenvalue weighted by atomic mass is 10.2. The molecule has 2 aromatic carbocycles. The van der Waals surface area contributed by atoms with E-state index in [1.165, 1.54) is 17.6 Å². The number of thiazole rings is 1. The molecule has 0 aliphatic carbocycles. The van der Waals surface area contributed by atoms with Crippen LogP contribution in [0.3, 0.4) is 0 Å². The van der Waals surface area contributed by atoms with Gasteiger partial charge in [-0.15, -0.1) is 11.3 Å². The number of hydrogen-bond donors (Lipinski definition) is 0. The summed E-state index contributed by atoms with van der Waals surface area (Å²) in [5.74, 6) is 0.141. The molecule has 25 heavy (non-hydrogen) atoms. The molecule has 6 heteroatoms. The van der Waals surface area contributed by atoms with Gasteiger partial charge in [-0.1, -0.05) is 30.3 Å². The van der Waals surface area contributed by atoms with Crippen LogP contribution in [0, 0.1) is 0 Å². The van der Waals surface area contributed by atoms with Crippen LogP contribution >= 0.6 is 11.3 Å². The van der Waals surface area contributed by atoms with Gasteiger partial charge in [0.15, 0.2) is 0 Å².